The average Bonchev–Trinajstić information content (AvgIpc) is 2.53. The number of halogens is 3. The van der Waals surface area contributed by atoms with Crippen LogP contribution in [0, 0.1) is 18.6 Å². The van der Waals surface area contributed by atoms with Gasteiger partial charge < -0.3 is 15.5 Å². The van der Waals surface area contributed by atoms with Crippen LogP contribution in [0.3, 0.4) is 0 Å². The highest BCUT2D eigenvalue weighted by atomic mass is 35.5. The van der Waals surface area contributed by atoms with Crippen molar-refractivity contribution in [3.8, 4) is 0 Å². The Morgan fingerprint density at radius 3 is 2.52 bits per heavy atom. The second-order valence-corrected chi connectivity index (χ2v) is 6.73. The van der Waals surface area contributed by atoms with Crippen molar-refractivity contribution >= 4 is 34.6 Å². The molecular weight excluding hydrogens is 364 g/mol. The van der Waals surface area contributed by atoms with E-state index in [2.05, 4.69) is 10.6 Å². The molecule has 0 aliphatic heterocycles. The molecule has 7 heteroatoms. The number of likely N-dealkylation sites (N-methyl/N-ethyl adjacent to an activating group) is 1. The molecule has 0 aliphatic rings. The fourth-order valence-electron chi connectivity index (χ4n) is 2.41. The van der Waals surface area contributed by atoms with Gasteiger partial charge in [-0.25, -0.2) is 8.78 Å². The van der Waals surface area contributed by atoms with Crippen LogP contribution in [-0.2, 0) is 0 Å². The average molecular weight is 384 g/mol. The van der Waals surface area contributed by atoms with Crippen molar-refractivity contribution in [3.05, 3.63) is 64.2 Å². The quantitative estimate of drug-likeness (QED) is 0.742. The van der Waals surface area contributed by atoms with Crippen molar-refractivity contribution in [1.29, 1.82) is 0 Å². The van der Waals surface area contributed by atoms with E-state index < -0.39 is 0 Å². The minimum Gasteiger partial charge on any atom is -0.361 e. The number of hydrogen-bond donors (Lipinski definition) is 2. The number of thiocarbonyl (C=S) groups is 1. The lowest BCUT2D eigenvalue weighted by molar-refractivity contribution is 0.292. The zero-order valence-corrected chi connectivity index (χ0v) is 15.8. The van der Waals surface area contributed by atoms with Gasteiger partial charge in [0.1, 0.15) is 11.6 Å². The Labute approximate surface area is 157 Å². The van der Waals surface area contributed by atoms with Gasteiger partial charge in [-0.15, -0.1) is 0 Å². The van der Waals surface area contributed by atoms with Crippen LogP contribution >= 0.6 is 23.8 Å². The maximum absolute atomic E-state index is 14.2. The molecule has 0 unspecified atom stereocenters. The highest BCUT2D eigenvalue weighted by Crippen LogP contribution is 2.28. The molecule has 0 spiro atoms. The van der Waals surface area contributed by atoms with Crippen molar-refractivity contribution in [2.75, 3.05) is 26.0 Å². The van der Waals surface area contributed by atoms with E-state index >= 15 is 0 Å². The first kappa shape index (κ1) is 19.6. The third kappa shape index (κ3) is 5.11. The van der Waals surface area contributed by atoms with E-state index in [9.17, 15) is 8.78 Å². The molecule has 2 aromatic rings. The second-order valence-electron chi connectivity index (χ2n) is 5.91. The summed E-state index contributed by atoms with van der Waals surface area (Å²) in [6.07, 6.45) is 0. The lowest BCUT2D eigenvalue weighted by Crippen LogP contribution is -2.37. The minimum atomic E-state index is -0.368. The topological polar surface area (TPSA) is 27.3 Å². The molecule has 0 bridgehead atoms. The summed E-state index contributed by atoms with van der Waals surface area (Å²) in [6.45, 7) is 2.03. The van der Waals surface area contributed by atoms with Gasteiger partial charge in [0.15, 0.2) is 5.11 Å². The summed E-state index contributed by atoms with van der Waals surface area (Å²) in [7, 11) is 3.67. The SMILES string of the molecule is Cc1ccc(NC(=S)NC[C@H](c2c(F)cccc2Cl)N(C)C)cc1F. The maximum atomic E-state index is 14.2. The van der Waals surface area contributed by atoms with E-state index in [4.69, 9.17) is 23.8 Å². The largest absolute Gasteiger partial charge is 0.361 e. The zero-order valence-electron chi connectivity index (χ0n) is 14.2. The lowest BCUT2D eigenvalue weighted by Gasteiger charge is -2.27. The second kappa shape index (κ2) is 8.56. The van der Waals surface area contributed by atoms with Gasteiger partial charge in [-0.3, -0.25) is 0 Å². The molecule has 2 aromatic carbocycles. The molecule has 2 rings (SSSR count). The molecule has 0 saturated carbocycles. The normalized spacial score (nSPS) is 12.1. The third-order valence-corrected chi connectivity index (χ3v) is 4.42. The van der Waals surface area contributed by atoms with Gasteiger partial charge in [0.25, 0.3) is 0 Å². The van der Waals surface area contributed by atoms with Crippen molar-refractivity contribution in [1.82, 2.24) is 10.2 Å². The number of benzene rings is 2. The first-order chi connectivity index (χ1) is 11.8. The van der Waals surface area contributed by atoms with E-state index in [0.29, 0.717) is 33.5 Å². The Bertz CT molecular complexity index is 748. The van der Waals surface area contributed by atoms with Crippen LogP contribution < -0.4 is 10.6 Å². The van der Waals surface area contributed by atoms with Crippen LogP contribution in [0.5, 0.6) is 0 Å². The van der Waals surface area contributed by atoms with E-state index in [1.165, 1.54) is 12.1 Å². The highest BCUT2D eigenvalue weighted by molar-refractivity contribution is 7.80. The highest BCUT2D eigenvalue weighted by Gasteiger charge is 2.21. The molecule has 2 N–H and O–H groups in total. The molecule has 0 aromatic heterocycles. The number of anilines is 1. The number of nitrogens with one attached hydrogen (secondary N) is 2. The van der Waals surface area contributed by atoms with Crippen molar-refractivity contribution in [3.63, 3.8) is 0 Å². The summed E-state index contributed by atoms with van der Waals surface area (Å²) in [5, 5.41) is 6.63. The number of aryl methyl sites for hydroxylation is 1. The van der Waals surface area contributed by atoms with Crippen molar-refractivity contribution in [2.45, 2.75) is 13.0 Å². The minimum absolute atomic E-state index is 0.308. The molecule has 0 fully saturated rings. The summed E-state index contributed by atoms with van der Waals surface area (Å²) in [4.78, 5) is 1.85. The number of rotatable bonds is 5. The predicted molar refractivity (Wildman–Crippen MR) is 103 cm³/mol. The van der Waals surface area contributed by atoms with Crippen molar-refractivity contribution < 1.29 is 8.78 Å². The van der Waals surface area contributed by atoms with Crippen LogP contribution in [0.25, 0.3) is 0 Å². The molecule has 0 heterocycles. The van der Waals surface area contributed by atoms with Gasteiger partial charge in [-0.05, 0) is 63.1 Å². The Hall–Kier alpha value is -1.76. The molecule has 0 amide bonds. The fourth-order valence-corrected chi connectivity index (χ4v) is 2.90. The van der Waals surface area contributed by atoms with Gasteiger partial charge in [-0.2, -0.15) is 0 Å². The van der Waals surface area contributed by atoms with E-state index in [0.717, 1.165) is 0 Å². The van der Waals surface area contributed by atoms with Crippen LogP contribution in [0.4, 0.5) is 14.5 Å². The van der Waals surface area contributed by atoms with E-state index in [1.54, 1.807) is 31.2 Å². The molecule has 134 valence electrons. The Morgan fingerprint density at radius 1 is 1.20 bits per heavy atom. The summed E-state index contributed by atoms with van der Waals surface area (Å²) < 4.78 is 27.8. The first-order valence-electron chi connectivity index (χ1n) is 7.71. The fraction of sp³-hybridized carbons (Fsp3) is 0.278. The van der Waals surface area contributed by atoms with Gasteiger partial charge in [-0.1, -0.05) is 23.7 Å². The maximum Gasteiger partial charge on any atom is 0.170 e. The molecule has 0 aliphatic carbocycles. The smallest absolute Gasteiger partial charge is 0.170 e. The first-order valence-corrected chi connectivity index (χ1v) is 8.49. The molecular formula is C18H20ClF2N3S. The molecule has 1 atom stereocenters. The lowest BCUT2D eigenvalue weighted by atomic mass is 10.1. The van der Waals surface area contributed by atoms with Crippen LogP contribution in [0.1, 0.15) is 17.2 Å². The Balaban J connectivity index is 2.06. The Kier molecular flexibility index (Phi) is 6.70. The van der Waals surface area contributed by atoms with Crippen LogP contribution in [0.2, 0.25) is 5.02 Å². The van der Waals surface area contributed by atoms with E-state index in [-0.39, 0.29) is 17.7 Å². The van der Waals surface area contributed by atoms with E-state index in [1.807, 2.05) is 19.0 Å². The van der Waals surface area contributed by atoms with Crippen LogP contribution in [0.15, 0.2) is 36.4 Å². The standard InChI is InChI=1S/C18H20ClF2N3S/c1-11-7-8-12(9-15(11)21)23-18(25)22-10-16(24(2)3)17-13(19)5-4-6-14(17)20/h4-9,16H,10H2,1-3H3,(H2,22,23,25)/t16-/m1/s1. The zero-order chi connectivity index (χ0) is 18.6. The monoisotopic (exact) mass is 383 g/mol. The van der Waals surface area contributed by atoms with Gasteiger partial charge in [0.2, 0.25) is 0 Å². The summed E-state index contributed by atoms with van der Waals surface area (Å²) in [6, 6.07) is 9.07. The van der Waals surface area contributed by atoms with Crippen molar-refractivity contribution in [2.24, 2.45) is 0 Å². The number of nitrogens with zero attached hydrogens (tertiary/aromatic N) is 1. The van der Waals surface area contributed by atoms with Gasteiger partial charge in [0, 0.05) is 22.8 Å². The van der Waals surface area contributed by atoms with Gasteiger partial charge >= 0.3 is 0 Å². The Morgan fingerprint density at radius 2 is 1.92 bits per heavy atom. The van der Waals surface area contributed by atoms with Crippen LogP contribution in [-0.4, -0.2) is 30.7 Å². The summed E-state index contributed by atoms with van der Waals surface area (Å²) in [5.74, 6) is -0.676. The molecule has 0 saturated heterocycles. The third-order valence-electron chi connectivity index (χ3n) is 3.84. The molecule has 3 nitrogen and oxygen atoms in total. The summed E-state index contributed by atoms with van der Waals surface area (Å²) in [5.41, 5.74) is 1.52. The number of hydrogen-bond acceptors (Lipinski definition) is 2. The predicted octanol–water partition coefficient (Wildman–Crippen LogP) is 4.52. The summed E-state index contributed by atoms with van der Waals surface area (Å²) >= 11 is 11.4. The molecule has 25 heavy (non-hydrogen) atoms. The molecule has 0 radical (unpaired) electrons. The van der Waals surface area contributed by atoms with Gasteiger partial charge in [0.05, 0.1) is 6.04 Å².